The Morgan fingerprint density at radius 2 is 1.64 bits per heavy atom. The highest BCUT2D eigenvalue weighted by Gasteiger charge is 2.64. The number of amides is 1. The van der Waals surface area contributed by atoms with Gasteiger partial charge in [0, 0.05) is 5.92 Å². The summed E-state index contributed by atoms with van der Waals surface area (Å²) in [6, 6.07) is 3.85. The van der Waals surface area contributed by atoms with Gasteiger partial charge in [0.15, 0.2) is 0 Å². The third kappa shape index (κ3) is 5.11. The molecule has 1 heterocycles. The van der Waals surface area contributed by atoms with Crippen molar-refractivity contribution >= 4 is 22.4 Å². The molecule has 0 aromatic heterocycles. The Labute approximate surface area is 190 Å². The molecule has 1 aromatic rings. The predicted molar refractivity (Wildman–Crippen MR) is 112 cm³/mol. The lowest BCUT2D eigenvalue weighted by molar-refractivity contribution is -0.155. The second kappa shape index (κ2) is 8.46. The summed E-state index contributed by atoms with van der Waals surface area (Å²) in [4.78, 5) is 24.6. The number of benzene rings is 1. The van der Waals surface area contributed by atoms with Gasteiger partial charge in [-0.3, -0.25) is 8.98 Å². The van der Waals surface area contributed by atoms with Gasteiger partial charge in [-0.1, -0.05) is 32.9 Å². The Kier molecular flexibility index (Phi) is 6.90. The molecule has 0 spiro atoms. The Morgan fingerprint density at radius 1 is 1.12 bits per heavy atom. The zero-order valence-corrected chi connectivity index (χ0v) is 20.0. The predicted octanol–water partition coefficient (Wildman–Crippen LogP) is 4.42. The molecule has 1 aliphatic heterocycles. The molecule has 1 fully saturated rings. The number of nitrogens with zero attached hydrogens (tertiary/aromatic N) is 1. The highest BCUT2D eigenvalue weighted by atomic mass is 32.2. The van der Waals surface area contributed by atoms with Crippen molar-refractivity contribution in [3.8, 4) is 0 Å². The van der Waals surface area contributed by atoms with Crippen LogP contribution in [0.5, 0.6) is 0 Å². The van der Waals surface area contributed by atoms with Crippen LogP contribution in [0.2, 0.25) is 0 Å². The van der Waals surface area contributed by atoms with Crippen LogP contribution in [0.1, 0.15) is 58.6 Å². The quantitative estimate of drug-likeness (QED) is 0.616. The van der Waals surface area contributed by atoms with Crippen LogP contribution in [-0.2, 0) is 30.2 Å². The second-order valence-corrected chi connectivity index (χ2v) is 11.4. The number of ether oxygens (including phenoxy) is 1. The van der Waals surface area contributed by atoms with Crippen molar-refractivity contribution in [3.05, 3.63) is 35.4 Å². The molecule has 8 nitrogen and oxygen atoms in total. The SMILES string of the molecule is CC(C)(C)C(=O)OC[C@@H](c1ccc(C(F)(F)F)cc1)[C@]1(C(C)(C)C)COS(=O)(=O)N1C(=O)O. The first-order valence-electron chi connectivity index (χ1n) is 10.0. The molecule has 0 saturated carbocycles. The molecule has 186 valence electrons. The normalized spacial score (nSPS) is 22.2. The lowest BCUT2D eigenvalue weighted by Gasteiger charge is -2.48. The zero-order valence-electron chi connectivity index (χ0n) is 19.2. The van der Waals surface area contributed by atoms with Gasteiger partial charge in [-0.25, -0.2) is 4.79 Å². The fourth-order valence-corrected chi connectivity index (χ4v) is 5.30. The minimum Gasteiger partial charge on any atom is -0.465 e. The van der Waals surface area contributed by atoms with Crippen molar-refractivity contribution in [2.45, 2.75) is 59.2 Å². The van der Waals surface area contributed by atoms with E-state index in [1.807, 2.05) is 0 Å². The van der Waals surface area contributed by atoms with E-state index in [2.05, 4.69) is 0 Å². The number of rotatable bonds is 4. The summed E-state index contributed by atoms with van der Waals surface area (Å²) < 4.78 is 74.9. The molecule has 1 N–H and O–H groups in total. The number of esters is 1. The van der Waals surface area contributed by atoms with E-state index >= 15 is 0 Å². The molecule has 1 aromatic carbocycles. The van der Waals surface area contributed by atoms with Crippen LogP contribution in [0.25, 0.3) is 0 Å². The topological polar surface area (TPSA) is 110 Å². The summed E-state index contributed by atoms with van der Waals surface area (Å²) in [5.74, 6) is -1.81. The van der Waals surface area contributed by atoms with Crippen molar-refractivity contribution in [3.63, 3.8) is 0 Å². The number of carbonyl (C=O) groups excluding carboxylic acids is 1. The Balaban J connectivity index is 2.72. The van der Waals surface area contributed by atoms with Crippen LogP contribution in [0.3, 0.4) is 0 Å². The van der Waals surface area contributed by atoms with Crippen LogP contribution >= 0.6 is 0 Å². The van der Waals surface area contributed by atoms with Crippen molar-refractivity contribution in [1.82, 2.24) is 4.31 Å². The Bertz CT molecular complexity index is 1010. The summed E-state index contributed by atoms with van der Waals surface area (Å²) >= 11 is 0. The van der Waals surface area contributed by atoms with Crippen LogP contribution < -0.4 is 0 Å². The van der Waals surface area contributed by atoms with E-state index in [0.29, 0.717) is 0 Å². The van der Waals surface area contributed by atoms with Crippen molar-refractivity contribution in [2.24, 2.45) is 10.8 Å². The lowest BCUT2D eigenvalue weighted by atomic mass is 9.64. The second-order valence-electron chi connectivity index (χ2n) is 9.96. The summed E-state index contributed by atoms with van der Waals surface area (Å²) in [7, 11) is -4.72. The minimum atomic E-state index is -4.72. The van der Waals surface area contributed by atoms with Crippen LogP contribution in [0, 0.1) is 10.8 Å². The van der Waals surface area contributed by atoms with Gasteiger partial charge in [-0.15, -0.1) is 0 Å². The molecule has 33 heavy (non-hydrogen) atoms. The van der Waals surface area contributed by atoms with E-state index in [1.54, 1.807) is 41.5 Å². The maximum atomic E-state index is 13.1. The van der Waals surface area contributed by atoms with E-state index < -0.39 is 69.6 Å². The first-order valence-corrected chi connectivity index (χ1v) is 11.4. The zero-order chi connectivity index (χ0) is 25.6. The van der Waals surface area contributed by atoms with Crippen molar-refractivity contribution < 1.29 is 45.2 Å². The van der Waals surface area contributed by atoms with Gasteiger partial charge < -0.3 is 9.84 Å². The van der Waals surface area contributed by atoms with E-state index in [-0.39, 0.29) is 9.87 Å². The largest absolute Gasteiger partial charge is 0.465 e. The number of hydrogen-bond acceptors (Lipinski definition) is 6. The number of hydrogen-bond donors (Lipinski definition) is 1. The monoisotopic (exact) mass is 495 g/mol. The molecular formula is C21H28F3NO7S. The van der Waals surface area contributed by atoms with E-state index in [9.17, 15) is 36.3 Å². The minimum absolute atomic E-state index is 0.159. The average molecular weight is 496 g/mol. The van der Waals surface area contributed by atoms with Gasteiger partial charge in [0.25, 0.3) is 0 Å². The third-order valence-electron chi connectivity index (χ3n) is 5.70. The number of halogens is 3. The van der Waals surface area contributed by atoms with Crippen molar-refractivity contribution in [1.29, 1.82) is 0 Å². The van der Waals surface area contributed by atoms with Gasteiger partial charge >= 0.3 is 28.5 Å². The fourth-order valence-electron chi connectivity index (χ4n) is 3.82. The highest BCUT2D eigenvalue weighted by molar-refractivity contribution is 7.85. The summed E-state index contributed by atoms with van der Waals surface area (Å²) in [5, 5.41) is 9.81. The maximum absolute atomic E-state index is 13.1. The fraction of sp³-hybridized carbons (Fsp3) is 0.619. The average Bonchev–Trinajstić information content (AvgIpc) is 2.92. The smallest absolute Gasteiger partial charge is 0.423 e. The number of carboxylic acid groups (broad SMARTS) is 1. The molecule has 0 bridgehead atoms. The molecule has 2 rings (SSSR count). The first kappa shape index (κ1) is 26.9. The lowest BCUT2D eigenvalue weighted by Crippen LogP contribution is -2.62. The van der Waals surface area contributed by atoms with Gasteiger partial charge in [-0.05, 0) is 43.9 Å². The first-order chi connectivity index (χ1) is 14.7. The molecule has 0 aliphatic carbocycles. The van der Waals surface area contributed by atoms with Crippen molar-refractivity contribution in [2.75, 3.05) is 13.2 Å². The molecular weight excluding hydrogens is 467 g/mol. The van der Waals surface area contributed by atoms with Crippen LogP contribution in [0.4, 0.5) is 18.0 Å². The van der Waals surface area contributed by atoms with Gasteiger partial charge in [0.05, 0.1) is 17.6 Å². The van der Waals surface area contributed by atoms with Gasteiger partial charge in [0.2, 0.25) is 0 Å². The Morgan fingerprint density at radius 3 is 2.03 bits per heavy atom. The standard InChI is InChI=1S/C21H28F3NO7S/c1-18(2,3)16(26)31-11-15(13-7-9-14(10-8-13)21(22,23)24)20(19(4,5)6)12-32-33(29,30)25(20)17(27)28/h7-10,15H,11-12H2,1-6H3,(H,27,28)/t15-,20-/m0/s1. The van der Waals surface area contributed by atoms with E-state index in [0.717, 1.165) is 24.3 Å². The van der Waals surface area contributed by atoms with Gasteiger partial charge in [0.1, 0.15) is 12.1 Å². The summed E-state index contributed by atoms with van der Waals surface area (Å²) in [6.07, 6.45) is -6.43. The third-order valence-corrected chi connectivity index (χ3v) is 7.04. The molecule has 2 atom stereocenters. The molecule has 0 radical (unpaired) electrons. The highest BCUT2D eigenvalue weighted by Crippen LogP contribution is 2.51. The molecule has 1 amide bonds. The molecule has 1 aliphatic rings. The maximum Gasteiger partial charge on any atom is 0.423 e. The van der Waals surface area contributed by atoms with Crippen LogP contribution in [-0.4, -0.2) is 48.6 Å². The Hall–Kier alpha value is -2.34. The van der Waals surface area contributed by atoms with E-state index in [4.69, 9.17) is 8.92 Å². The number of carbonyl (C=O) groups is 2. The molecule has 12 heteroatoms. The van der Waals surface area contributed by atoms with E-state index in [1.165, 1.54) is 0 Å². The molecule has 0 unspecified atom stereocenters. The van der Waals surface area contributed by atoms with Gasteiger partial charge in [-0.2, -0.15) is 25.9 Å². The summed E-state index contributed by atoms with van der Waals surface area (Å²) in [6.45, 7) is 8.42. The molecule has 1 saturated heterocycles. The number of alkyl halides is 3. The van der Waals surface area contributed by atoms with Crippen LogP contribution in [0.15, 0.2) is 24.3 Å². The summed E-state index contributed by atoms with van der Waals surface area (Å²) in [5.41, 5.74) is -4.64.